The summed E-state index contributed by atoms with van der Waals surface area (Å²) in [6.45, 7) is 8.18. The lowest BCUT2D eigenvalue weighted by Gasteiger charge is -2.32. The van der Waals surface area contributed by atoms with Gasteiger partial charge in [-0.25, -0.2) is 4.98 Å². The highest BCUT2D eigenvalue weighted by atomic mass is 32.1. The highest BCUT2D eigenvalue weighted by molar-refractivity contribution is 7.15. The lowest BCUT2D eigenvalue weighted by atomic mass is 9.84. The Morgan fingerprint density at radius 1 is 1.13 bits per heavy atom. The van der Waals surface area contributed by atoms with E-state index < -0.39 is 0 Å². The Bertz CT molecular complexity index is 1250. The number of aromatic nitrogens is 2. The van der Waals surface area contributed by atoms with E-state index in [1.165, 1.54) is 35.0 Å². The summed E-state index contributed by atoms with van der Waals surface area (Å²) in [4.78, 5) is 29.0. The molecule has 0 radical (unpaired) electrons. The Labute approximate surface area is 229 Å². The second-order valence-corrected chi connectivity index (χ2v) is 12.1. The first-order valence-corrected chi connectivity index (χ1v) is 15.2. The number of anilines is 1. The zero-order chi connectivity index (χ0) is 25.9. The standard InChI is InChI=1S/C30H39N5O2S/c1-2-37-23-13-18-35(19-23)30-33-27-20-34(17-14-28(27)38-30)16-12-21-8-10-22(11-9-21)32-29(36)25-5-3-7-26-24(25)6-4-15-31-26/h3-7,15,21-23H,2,8-14,16-20H2,1H3,(H,32,36). The van der Waals surface area contributed by atoms with Gasteiger partial charge in [0.05, 0.1) is 17.3 Å². The Kier molecular flexibility index (Phi) is 7.90. The number of nitrogens with zero attached hydrogens (tertiary/aromatic N) is 4. The number of benzene rings is 1. The zero-order valence-electron chi connectivity index (χ0n) is 22.4. The Balaban J connectivity index is 0.952. The minimum Gasteiger partial charge on any atom is -0.377 e. The molecule has 3 aliphatic rings. The van der Waals surface area contributed by atoms with Crippen molar-refractivity contribution in [2.75, 3.05) is 37.7 Å². The molecule has 3 aromatic rings. The van der Waals surface area contributed by atoms with Crippen molar-refractivity contribution in [1.29, 1.82) is 0 Å². The van der Waals surface area contributed by atoms with Crippen LogP contribution >= 0.6 is 11.3 Å². The van der Waals surface area contributed by atoms with Crippen LogP contribution in [-0.4, -0.2) is 65.7 Å². The zero-order valence-corrected chi connectivity index (χ0v) is 23.2. The fourth-order valence-electron chi connectivity index (χ4n) is 6.36. The maximum absolute atomic E-state index is 13.0. The van der Waals surface area contributed by atoms with Crippen molar-refractivity contribution in [3.05, 3.63) is 52.7 Å². The van der Waals surface area contributed by atoms with Crippen LogP contribution in [0.2, 0.25) is 0 Å². The molecule has 4 heterocycles. The number of amides is 1. The number of pyridine rings is 1. The normalized spacial score (nSPS) is 24.0. The van der Waals surface area contributed by atoms with Crippen LogP contribution in [0.3, 0.4) is 0 Å². The molecular formula is C30H39N5O2S. The second kappa shape index (κ2) is 11.7. The van der Waals surface area contributed by atoms with Gasteiger partial charge in [-0.15, -0.1) is 11.3 Å². The van der Waals surface area contributed by atoms with Crippen LogP contribution in [0.1, 0.15) is 66.4 Å². The molecule has 1 atom stereocenters. The fraction of sp³-hybridized carbons (Fsp3) is 0.567. The smallest absolute Gasteiger partial charge is 0.252 e. The van der Waals surface area contributed by atoms with E-state index >= 15 is 0 Å². The van der Waals surface area contributed by atoms with Gasteiger partial charge in [0.15, 0.2) is 5.13 Å². The van der Waals surface area contributed by atoms with E-state index in [1.54, 1.807) is 6.20 Å². The summed E-state index contributed by atoms with van der Waals surface area (Å²) < 4.78 is 5.83. The molecule has 1 saturated carbocycles. The lowest BCUT2D eigenvalue weighted by molar-refractivity contribution is 0.0787. The van der Waals surface area contributed by atoms with Crippen LogP contribution in [0.15, 0.2) is 36.5 Å². The number of rotatable bonds is 8. The van der Waals surface area contributed by atoms with Gasteiger partial charge in [-0.2, -0.15) is 0 Å². The summed E-state index contributed by atoms with van der Waals surface area (Å²) in [5.74, 6) is 0.776. The molecule has 38 heavy (non-hydrogen) atoms. The van der Waals surface area contributed by atoms with Crippen molar-refractivity contribution in [3.63, 3.8) is 0 Å². The third-order valence-corrected chi connectivity index (χ3v) is 9.76. The van der Waals surface area contributed by atoms with Crippen LogP contribution in [0.5, 0.6) is 0 Å². The van der Waals surface area contributed by atoms with Crippen molar-refractivity contribution >= 4 is 33.3 Å². The first kappa shape index (κ1) is 25.7. The number of carbonyl (C=O) groups is 1. The summed E-state index contributed by atoms with van der Waals surface area (Å²) in [5, 5.41) is 5.42. The average molecular weight is 534 g/mol. The SMILES string of the molecule is CCOC1CCN(c2nc3c(s2)CCN(CCC2CCC(NC(=O)c4cccc5ncccc45)CC2)C3)C1. The number of hydrogen-bond acceptors (Lipinski definition) is 7. The van der Waals surface area contributed by atoms with Gasteiger partial charge in [0, 0.05) is 60.9 Å². The Morgan fingerprint density at radius 2 is 2.03 bits per heavy atom. The quantitative estimate of drug-likeness (QED) is 0.437. The molecule has 1 aromatic carbocycles. The molecule has 2 aromatic heterocycles. The first-order chi connectivity index (χ1) is 18.7. The van der Waals surface area contributed by atoms with E-state index in [0.717, 1.165) is 87.4 Å². The van der Waals surface area contributed by atoms with Crippen LogP contribution in [0.4, 0.5) is 5.13 Å². The van der Waals surface area contributed by atoms with E-state index in [0.29, 0.717) is 6.10 Å². The lowest BCUT2D eigenvalue weighted by Crippen LogP contribution is -2.38. The topological polar surface area (TPSA) is 70.6 Å². The highest BCUT2D eigenvalue weighted by Gasteiger charge is 2.29. The monoisotopic (exact) mass is 533 g/mol. The number of fused-ring (bicyclic) bond motifs is 2. The number of thiazole rings is 1. The van der Waals surface area contributed by atoms with Gasteiger partial charge >= 0.3 is 0 Å². The molecule has 0 bridgehead atoms. The van der Waals surface area contributed by atoms with Crippen molar-refractivity contribution < 1.29 is 9.53 Å². The molecule has 1 saturated heterocycles. The summed E-state index contributed by atoms with van der Waals surface area (Å²) in [5.41, 5.74) is 2.89. The maximum Gasteiger partial charge on any atom is 0.252 e. The molecule has 0 spiro atoms. The van der Waals surface area contributed by atoms with Crippen LogP contribution in [-0.2, 0) is 17.7 Å². The van der Waals surface area contributed by atoms with Crippen molar-refractivity contribution in [3.8, 4) is 0 Å². The van der Waals surface area contributed by atoms with Crippen molar-refractivity contribution in [2.24, 2.45) is 5.92 Å². The number of hydrogen-bond donors (Lipinski definition) is 1. The number of nitrogens with one attached hydrogen (secondary N) is 1. The summed E-state index contributed by atoms with van der Waals surface area (Å²) in [7, 11) is 0. The second-order valence-electron chi connectivity index (χ2n) is 11.1. The number of ether oxygens (including phenoxy) is 1. The molecule has 1 N–H and O–H groups in total. The molecule has 1 amide bonds. The molecule has 1 unspecified atom stereocenters. The summed E-state index contributed by atoms with van der Waals surface area (Å²) >= 11 is 1.90. The number of carbonyl (C=O) groups excluding carboxylic acids is 1. The predicted molar refractivity (Wildman–Crippen MR) is 153 cm³/mol. The molecule has 7 nitrogen and oxygen atoms in total. The van der Waals surface area contributed by atoms with Crippen LogP contribution < -0.4 is 10.2 Å². The predicted octanol–water partition coefficient (Wildman–Crippen LogP) is 5.04. The maximum atomic E-state index is 13.0. The minimum atomic E-state index is 0.0288. The van der Waals surface area contributed by atoms with E-state index in [4.69, 9.17) is 9.72 Å². The van der Waals surface area contributed by atoms with E-state index in [2.05, 4.69) is 27.0 Å². The molecule has 202 valence electrons. The first-order valence-electron chi connectivity index (χ1n) is 14.4. The largest absolute Gasteiger partial charge is 0.377 e. The van der Waals surface area contributed by atoms with Gasteiger partial charge in [0.1, 0.15) is 0 Å². The van der Waals surface area contributed by atoms with E-state index in [1.807, 2.05) is 41.7 Å². The van der Waals surface area contributed by atoms with E-state index in [-0.39, 0.29) is 11.9 Å². The average Bonchev–Trinajstić information content (AvgIpc) is 3.59. The van der Waals surface area contributed by atoms with Gasteiger partial charge < -0.3 is 15.0 Å². The van der Waals surface area contributed by atoms with Gasteiger partial charge in [-0.1, -0.05) is 12.1 Å². The fourth-order valence-corrected chi connectivity index (χ4v) is 7.46. The van der Waals surface area contributed by atoms with Crippen molar-refractivity contribution in [2.45, 2.75) is 70.6 Å². The Hall–Kier alpha value is -2.55. The molecular weight excluding hydrogens is 494 g/mol. The third-order valence-electron chi connectivity index (χ3n) is 8.54. The van der Waals surface area contributed by atoms with Gasteiger partial charge in [0.25, 0.3) is 5.91 Å². The summed E-state index contributed by atoms with van der Waals surface area (Å²) in [6, 6.07) is 9.93. The van der Waals surface area contributed by atoms with Crippen LogP contribution in [0, 0.1) is 5.92 Å². The molecule has 6 rings (SSSR count). The van der Waals surface area contributed by atoms with E-state index in [9.17, 15) is 4.79 Å². The summed E-state index contributed by atoms with van der Waals surface area (Å²) in [6.07, 6.45) is 10.1. The Morgan fingerprint density at radius 3 is 2.89 bits per heavy atom. The minimum absolute atomic E-state index is 0.0288. The van der Waals surface area contributed by atoms with Gasteiger partial charge in [-0.3, -0.25) is 14.7 Å². The molecule has 1 aliphatic carbocycles. The van der Waals surface area contributed by atoms with Crippen molar-refractivity contribution in [1.82, 2.24) is 20.2 Å². The third kappa shape index (κ3) is 5.72. The van der Waals surface area contributed by atoms with Gasteiger partial charge in [0.2, 0.25) is 0 Å². The molecule has 2 aliphatic heterocycles. The molecule has 2 fully saturated rings. The highest BCUT2D eigenvalue weighted by Crippen LogP contribution is 2.34. The molecule has 8 heteroatoms. The van der Waals surface area contributed by atoms with Gasteiger partial charge in [-0.05, 0) is 82.5 Å². The van der Waals surface area contributed by atoms with Crippen LogP contribution in [0.25, 0.3) is 10.9 Å².